The first kappa shape index (κ1) is 18.4. The first-order valence-corrected chi connectivity index (χ1v) is 9.89. The summed E-state index contributed by atoms with van der Waals surface area (Å²) in [5.41, 5.74) is 4.39. The number of rotatable bonds is 6. The van der Waals surface area contributed by atoms with E-state index in [-0.39, 0.29) is 12.0 Å². The third kappa shape index (κ3) is 3.99. The molecule has 4 rings (SSSR count). The summed E-state index contributed by atoms with van der Waals surface area (Å²) in [6, 6.07) is 18.1. The average molecular weight is 375 g/mol. The minimum absolute atomic E-state index is 0.111. The monoisotopic (exact) mass is 375 g/mol. The van der Waals surface area contributed by atoms with Gasteiger partial charge in [-0.3, -0.25) is 4.79 Å². The van der Waals surface area contributed by atoms with E-state index in [4.69, 9.17) is 9.84 Å². The first-order chi connectivity index (χ1) is 13.7. The maximum Gasteiger partial charge on any atom is 0.255 e. The Morgan fingerprint density at radius 1 is 1.18 bits per heavy atom. The molecule has 2 heterocycles. The molecule has 1 fully saturated rings. The molecule has 1 aliphatic rings. The number of para-hydroxylation sites is 1. The number of aromatic nitrogens is 2. The van der Waals surface area contributed by atoms with Crippen LogP contribution in [0.3, 0.4) is 0 Å². The van der Waals surface area contributed by atoms with E-state index in [1.165, 1.54) is 5.56 Å². The van der Waals surface area contributed by atoms with Crippen LogP contribution in [0.25, 0.3) is 16.9 Å². The normalized spacial score (nSPS) is 16.2. The van der Waals surface area contributed by atoms with E-state index in [0.29, 0.717) is 17.8 Å². The molecule has 0 saturated carbocycles. The summed E-state index contributed by atoms with van der Waals surface area (Å²) in [4.78, 5) is 12.9. The summed E-state index contributed by atoms with van der Waals surface area (Å²) in [5.74, 6) is -0.118. The third-order valence-corrected chi connectivity index (χ3v) is 5.13. The van der Waals surface area contributed by atoms with Gasteiger partial charge in [0.2, 0.25) is 0 Å². The van der Waals surface area contributed by atoms with Gasteiger partial charge in [-0.05, 0) is 37.0 Å². The Morgan fingerprint density at radius 2 is 1.96 bits per heavy atom. The molecule has 144 valence electrons. The van der Waals surface area contributed by atoms with Crippen LogP contribution in [0.2, 0.25) is 0 Å². The summed E-state index contributed by atoms with van der Waals surface area (Å²) >= 11 is 0. The molecule has 0 radical (unpaired) electrons. The highest BCUT2D eigenvalue weighted by Crippen LogP contribution is 2.24. The number of aryl methyl sites for hydroxylation is 1. The van der Waals surface area contributed by atoms with Gasteiger partial charge in [0, 0.05) is 24.9 Å². The molecule has 3 aromatic rings. The summed E-state index contributed by atoms with van der Waals surface area (Å²) in [7, 11) is 0. The second-order valence-corrected chi connectivity index (χ2v) is 7.07. The predicted molar refractivity (Wildman–Crippen MR) is 110 cm³/mol. The van der Waals surface area contributed by atoms with Crippen LogP contribution in [0.5, 0.6) is 0 Å². The van der Waals surface area contributed by atoms with E-state index in [1.54, 1.807) is 4.68 Å². The van der Waals surface area contributed by atoms with Crippen molar-refractivity contribution in [2.75, 3.05) is 13.2 Å². The van der Waals surface area contributed by atoms with Gasteiger partial charge in [0.05, 0.1) is 17.4 Å². The van der Waals surface area contributed by atoms with Crippen molar-refractivity contribution >= 4 is 5.91 Å². The number of benzene rings is 2. The molecule has 28 heavy (non-hydrogen) atoms. The van der Waals surface area contributed by atoms with Crippen LogP contribution < -0.4 is 5.32 Å². The molecule has 1 aromatic heterocycles. The molecule has 1 N–H and O–H groups in total. The lowest BCUT2D eigenvalue weighted by atomic mass is 10.0. The van der Waals surface area contributed by atoms with Crippen molar-refractivity contribution in [2.45, 2.75) is 32.3 Å². The Labute approximate surface area is 165 Å². The highest BCUT2D eigenvalue weighted by Gasteiger charge is 2.21. The summed E-state index contributed by atoms with van der Waals surface area (Å²) in [5, 5.41) is 7.75. The Morgan fingerprint density at radius 3 is 2.64 bits per heavy atom. The van der Waals surface area contributed by atoms with Crippen molar-refractivity contribution in [3.8, 4) is 16.9 Å². The minimum Gasteiger partial charge on any atom is -0.376 e. The minimum atomic E-state index is -0.118. The largest absolute Gasteiger partial charge is 0.376 e. The number of hydrogen-bond acceptors (Lipinski definition) is 3. The van der Waals surface area contributed by atoms with E-state index in [9.17, 15) is 4.79 Å². The topological polar surface area (TPSA) is 56.2 Å². The van der Waals surface area contributed by atoms with E-state index in [2.05, 4.69) is 24.4 Å². The maximum absolute atomic E-state index is 12.9. The Bertz CT molecular complexity index is 926. The van der Waals surface area contributed by atoms with Crippen molar-refractivity contribution in [1.29, 1.82) is 0 Å². The molecular weight excluding hydrogens is 350 g/mol. The molecule has 0 aliphatic carbocycles. The van der Waals surface area contributed by atoms with E-state index >= 15 is 0 Å². The van der Waals surface area contributed by atoms with Gasteiger partial charge in [0.1, 0.15) is 5.69 Å². The van der Waals surface area contributed by atoms with Crippen molar-refractivity contribution in [3.05, 3.63) is 71.9 Å². The quantitative estimate of drug-likeness (QED) is 0.708. The van der Waals surface area contributed by atoms with Gasteiger partial charge in [0.25, 0.3) is 5.91 Å². The van der Waals surface area contributed by atoms with Crippen LogP contribution in [0, 0.1) is 0 Å². The molecule has 5 nitrogen and oxygen atoms in total. The zero-order chi connectivity index (χ0) is 19.3. The van der Waals surface area contributed by atoms with Gasteiger partial charge in [0.15, 0.2) is 0 Å². The second-order valence-electron chi connectivity index (χ2n) is 7.07. The number of carbonyl (C=O) groups is 1. The molecule has 1 aliphatic heterocycles. The Kier molecular flexibility index (Phi) is 5.53. The molecule has 1 unspecified atom stereocenters. The van der Waals surface area contributed by atoms with Crippen molar-refractivity contribution in [3.63, 3.8) is 0 Å². The summed E-state index contributed by atoms with van der Waals surface area (Å²) < 4.78 is 7.39. The Balaban J connectivity index is 1.65. The van der Waals surface area contributed by atoms with Gasteiger partial charge >= 0.3 is 0 Å². The number of amides is 1. The van der Waals surface area contributed by atoms with Crippen LogP contribution in [-0.2, 0) is 11.2 Å². The van der Waals surface area contributed by atoms with Crippen LogP contribution in [0.4, 0.5) is 0 Å². The van der Waals surface area contributed by atoms with Crippen molar-refractivity contribution < 1.29 is 9.53 Å². The molecular formula is C23H25N3O2. The number of carbonyl (C=O) groups excluding carboxylic acids is 1. The second kappa shape index (κ2) is 8.40. The summed E-state index contributed by atoms with van der Waals surface area (Å²) in [6.07, 6.45) is 4.95. The lowest BCUT2D eigenvalue weighted by Gasteiger charge is -2.10. The van der Waals surface area contributed by atoms with Gasteiger partial charge in [-0.15, -0.1) is 0 Å². The highest BCUT2D eigenvalue weighted by atomic mass is 16.5. The molecule has 1 saturated heterocycles. The zero-order valence-corrected chi connectivity index (χ0v) is 16.1. The van der Waals surface area contributed by atoms with Crippen LogP contribution >= 0.6 is 0 Å². The van der Waals surface area contributed by atoms with Crippen molar-refractivity contribution in [2.24, 2.45) is 0 Å². The molecule has 5 heteroatoms. The highest BCUT2D eigenvalue weighted by molar-refractivity contribution is 6.00. The Hall–Kier alpha value is -2.92. The van der Waals surface area contributed by atoms with Crippen LogP contribution in [-0.4, -0.2) is 34.9 Å². The first-order valence-electron chi connectivity index (χ1n) is 9.89. The van der Waals surface area contributed by atoms with Crippen molar-refractivity contribution in [1.82, 2.24) is 15.1 Å². The molecule has 1 amide bonds. The predicted octanol–water partition coefficient (Wildman–Crippen LogP) is 4.01. The third-order valence-electron chi connectivity index (χ3n) is 5.13. The fourth-order valence-electron chi connectivity index (χ4n) is 3.47. The van der Waals surface area contributed by atoms with E-state index < -0.39 is 0 Å². The summed E-state index contributed by atoms with van der Waals surface area (Å²) in [6.45, 7) is 3.44. The molecule has 0 bridgehead atoms. The number of nitrogens with one attached hydrogen (secondary N) is 1. The number of hydrogen-bond donors (Lipinski definition) is 1. The fourth-order valence-corrected chi connectivity index (χ4v) is 3.47. The smallest absolute Gasteiger partial charge is 0.255 e. The fraction of sp³-hybridized carbons (Fsp3) is 0.304. The molecule has 2 aromatic carbocycles. The molecule has 0 spiro atoms. The standard InChI is InChI=1S/C23H25N3O2/c1-2-17-10-12-18(13-11-17)22-21(23(27)24-15-20-9-6-14-28-20)16-26(25-22)19-7-4-3-5-8-19/h3-5,7-8,10-13,16,20H,2,6,9,14-15H2,1H3,(H,24,27). The lowest BCUT2D eigenvalue weighted by molar-refractivity contribution is 0.0858. The van der Waals surface area contributed by atoms with E-state index in [1.807, 2.05) is 48.7 Å². The van der Waals surface area contributed by atoms with E-state index in [0.717, 1.165) is 37.1 Å². The van der Waals surface area contributed by atoms with Gasteiger partial charge in [-0.2, -0.15) is 5.10 Å². The number of ether oxygens (including phenoxy) is 1. The van der Waals surface area contributed by atoms with Crippen LogP contribution in [0.1, 0.15) is 35.7 Å². The SMILES string of the molecule is CCc1ccc(-c2nn(-c3ccccc3)cc2C(=O)NCC2CCCO2)cc1. The molecule has 1 atom stereocenters. The lowest BCUT2D eigenvalue weighted by Crippen LogP contribution is -2.31. The maximum atomic E-state index is 12.9. The number of nitrogens with zero attached hydrogens (tertiary/aromatic N) is 2. The average Bonchev–Trinajstić information content (AvgIpc) is 3.43. The van der Waals surface area contributed by atoms with Gasteiger partial charge in [-0.25, -0.2) is 4.68 Å². The van der Waals surface area contributed by atoms with Crippen LogP contribution in [0.15, 0.2) is 60.8 Å². The van der Waals surface area contributed by atoms with Gasteiger partial charge < -0.3 is 10.1 Å². The zero-order valence-electron chi connectivity index (χ0n) is 16.1. The van der Waals surface area contributed by atoms with Gasteiger partial charge in [-0.1, -0.05) is 49.4 Å².